The Balaban J connectivity index is 1.37. The highest BCUT2D eigenvalue weighted by Gasteiger charge is 2.27. The molecule has 1 saturated heterocycles. The van der Waals surface area contributed by atoms with E-state index >= 15 is 0 Å². The van der Waals surface area contributed by atoms with Gasteiger partial charge in [-0.1, -0.05) is 54.1 Å². The number of carbonyl (C=O) groups excluding carboxylic acids is 2. The third kappa shape index (κ3) is 4.54. The van der Waals surface area contributed by atoms with E-state index in [1.807, 2.05) is 60.7 Å². The van der Waals surface area contributed by atoms with E-state index in [4.69, 9.17) is 11.6 Å². The van der Waals surface area contributed by atoms with Gasteiger partial charge in [0.15, 0.2) is 5.78 Å². The third-order valence-corrected chi connectivity index (χ3v) is 5.54. The fourth-order valence-electron chi connectivity index (χ4n) is 3.66. The number of nitrogens with zero attached hydrogens (tertiary/aromatic N) is 2. The Labute approximate surface area is 174 Å². The zero-order valence-corrected chi connectivity index (χ0v) is 16.7. The van der Waals surface area contributed by atoms with Crippen molar-refractivity contribution in [1.29, 1.82) is 0 Å². The minimum absolute atomic E-state index is 0.0164. The molecular formula is C24H21ClN2O2. The van der Waals surface area contributed by atoms with E-state index in [0.717, 1.165) is 16.5 Å². The Morgan fingerprint density at radius 3 is 2.48 bits per heavy atom. The summed E-state index contributed by atoms with van der Waals surface area (Å²) >= 11 is 6.03. The summed E-state index contributed by atoms with van der Waals surface area (Å²) in [6, 6.07) is 18.8. The van der Waals surface area contributed by atoms with Crippen molar-refractivity contribution < 1.29 is 9.59 Å². The standard InChI is InChI=1S/C24H21ClN2O2/c25-20-8-6-17-7-9-21(26-22(17)16-20)10-11-23(28)27-14-12-19(13-15-27)24(29)18-4-2-1-3-5-18/h1-11,16,19H,12-15H2. The smallest absolute Gasteiger partial charge is 0.246 e. The molecule has 0 saturated carbocycles. The second-order valence-corrected chi connectivity index (χ2v) is 7.67. The number of carbonyl (C=O) groups is 2. The quantitative estimate of drug-likeness (QED) is 0.453. The van der Waals surface area contributed by atoms with Crippen LogP contribution >= 0.6 is 11.6 Å². The van der Waals surface area contributed by atoms with Gasteiger partial charge in [0, 0.05) is 41.1 Å². The lowest BCUT2D eigenvalue weighted by Gasteiger charge is -2.30. The number of rotatable bonds is 4. The van der Waals surface area contributed by atoms with E-state index in [-0.39, 0.29) is 17.6 Å². The van der Waals surface area contributed by atoms with Gasteiger partial charge in [0.05, 0.1) is 11.2 Å². The van der Waals surface area contributed by atoms with E-state index in [2.05, 4.69) is 4.98 Å². The number of piperidine rings is 1. The van der Waals surface area contributed by atoms with Crippen LogP contribution in [-0.2, 0) is 4.79 Å². The monoisotopic (exact) mass is 404 g/mol. The molecule has 0 spiro atoms. The largest absolute Gasteiger partial charge is 0.339 e. The molecule has 0 atom stereocenters. The minimum Gasteiger partial charge on any atom is -0.339 e. The molecule has 1 fully saturated rings. The summed E-state index contributed by atoms with van der Waals surface area (Å²) in [5.41, 5.74) is 2.26. The number of Topliss-reactive ketones (excluding diaryl/α,β-unsaturated/α-hetero) is 1. The molecule has 0 bridgehead atoms. The maximum absolute atomic E-state index is 12.6. The summed E-state index contributed by atoms with van der Waals surface area (Å²) in [5, 5.41) is 1.64. The molecule has 146 valence electrons. The lowest BCUT2D eigenvalue weighted by atomic mass is 9.89. The maximum atomic E-state index is 12.6. The molecule has 0 radical (unpaired) electrons. The van der Waals surface area contributed by atoms with Crippen molar-refractivity contribution in [3.63, 3.8) is 0 Å². The lowest BCUT2D eigenvalue weighted by Crippen LogP contribution is -2.39. The number of fused-ring (bicyclic) bond motifs is 1. The number of ketones is 1. The normalized spacial score (nSPS) is 15.1. The SMILES string of the molecule is O=C(c1ccccc1)C1CCN(C(=O)C=Cc2ccc3ccc(Cl)cc3n2)CC1. The van der Waals surface area contributed by atoms with E-state index in [1.54, 1.807) is 17.1 Å². The molecule has 0 aliphatic carbocycles. The predicted molar refractivity (Wildman–Crippen MR) is 116 cm³/mol. The summed E-state index contributed by atoms with van der Waals surface area (Å²) in [5.74, 6) is 0.105. The van der Waals surface area contributed by atoms with Crippen LogP contribution in [0.25, 0.3) is 17.0 Å². The van der Waals surface area contributed by atoms with Gasteiger partial charge in [-0.15, -0.1) is 0 Å². The van der Waals surface area contributed by atoms with Gasteiger partial charge in [-0.25, -0.2) is 4.98 Å². The highest BCUT2D eigenvalue weighted by molar-refractivity contribution is 6.31. The molecule has 1 aromatic heterocycles. The third-order valence-electron chi connectivity index (χ3n) is 5.31. The number of likely N-dealkylation sites (tertiary alicyclic amines) is 1. The lowest BCUT2D eigenvalue weighted by molar-refractivity contribution is -0.127. The molecular weight excluding hydrogens is 384 g/mol. The van der Waals surface area contributed by atoms with Crippen LogP contribution in [0.1, 0.15) is 28.9 Å². The van der Waals surface area contributed by atoms with E-state index in [0.29, 0.717) is 36.6 Å². The second-order valence-electron chi connectivity index (χ2n) is 7.24. The molecule has 5 heteroatoms. The minimum atomic E-state index is -0.0522. The van der Waals surface area contributed by atoms with Crippen molar-refractivity contribution in [2.75, 3.05) is 13.1 Å². The van der Waals surface area contributed by atoms with E-state index in [1.165, 1.54) is 0 Å². The Bertz CT molecular complexity index is 1070. The van der Waals surface area contributed by atoms with Crippen molar-refractivity contribution in [2.24, 2.45) is 5.92 Å². The van der Waals surface area contributed by atoms with Gasteiger partial charge in [0.2, 0.25) is 5.91 Å². The maximum Gasteiger partial charge on any atom is 0.246 e. The molecule has 29 heavy (non-hydrogen) atoms. The molecule has 1 amide bonds. The van der Waals surface area contributed by atoms with Gasteiger partial charge in [-0.2, -0.15) is 0 Å². The molecule has 2 heterocycles. The zero-order chi connectivity index (χ0) is 20.2. The molecule has 1 aliphatic rings. The second kappa shape index (κ2) is 8.58. The number of aromatic nitrogens is 1. The van der Waals surface area contributed by atoms with Gasteiger partial charge in [0.25, 0.3) is 0 Å². The van der Waals surface area contributed by atoms with Crippen LogP contribution in [0.2, 0.25) is 5.02 Å². The van der Waals surface area contributed by atoms with Crippen LogP contribution in [-0.4, -0.2) is 34.7 Å². The number of benzene rings is 2. The molecule has 0 unspecified atom stereocenters. The van der Waals surface area contributed by atoms with Gasteiger partial charge in [-0.3, -0.25) is 9.59 Å². The first kappa shape index (κ1) is 19.3. The van der Waals surface area contributed by atoms with Gasteiger partial charge >= 0.3 is 0 Å². The topological polar surface area (TPSA) is 50.3 Å². The summed E-state index contributed by atoms with van der Waals surface area (Å²) in [6.07, 6.45) is 4.67. The zero-order valence-electron chi connectivity index (χ0n) is 15.9. The average molecular weight is 405 g/mol. The molecule has 4 nitrogen and oxygen atoms in total. The fraction of sp³-hybridized carbons (Fsp3) is 0.208. The molecule has 1 aliphatic heterocycles. The van der Waals surface area contributed by atoms with Crippen molar-refractivity contribution in [1.82, 2.24) is 9.88 Å². The van der Waals surface area contributed by atoms with Crippen LogP contribution < -0.4 is 0 Å². The van der Waals surface area contributed by atoms with Crippen LogP contribution in [0, 0.1) is 5.92 Å². The molecule has 2 aromatic carbocycles. The first-order valence-electron chi connectivity index (χ1n) is 9.73. The molecule has 3 aromatic rings. The van der Waals surface area contributed by atoms with Crippen molar-refractivity contribution >= 4 is 40.3 Å². The van der Waals surface area contributed by atoms with Gasteiger partial charge < -0.3 is 4.90 Å². The summed E-state index contributed by atoms with van der Waals surface area (Å²) in [6.45, 7) is 1.18. The number of hydrogen-bond acceptors (Lipinski definition) is 3. The van der Waals surface area contributed by atoms with E-state index in [9.17, 15) is 9.59 Å². The average Bonchev–Trinajstić information content (AvgIpc) is 2.77. The fourth-order valence-corrected chi connectivity index (χ4v) is 3.83. The van der Waals surface area contributed by atoms with Gasteiger partial charge in [-0.05, 0) is 37.1 Å². The van der Waals surface area contributed by atoms with Crippen molar-refractivity contribution in [3.05, 3.63) is 83.0 Å². The van der Waals surface area contributed by atoms with Crippen molar-refractivity contribution in [2.45, 2.75) is 12.8 Å². The Morgan fingerprint density at radius 2 is 1.72 bits per heavy atom. The van der Waals surface area contributed by atoms with Crippen molar-refractivity contribution in [3.8, 4) is 0 Å². The molecule has 0 N–H and O–H groups in total. The Kier molecular flexibility index (Phi) is 5.72. The number of pyridine rings is 1. The van der Waals surface area contributed by atoms with Gasteiger partial charge in [0.1, 0.15) is 0 Å². The van der Waals surface area contributed by atoms with Crippen LogP contribution in [0.5, 0.6) is 0 Å². The Hall–Kier alpha value is -2.98. The number of amides is 1. The first-order valence-corrected chi connectivity index (χ1v) is 10.1. The van der Waals surface area contributed by atoms with E-state index < -0.39 is 0 Å². The summed E-state index contributed by atoms with van der Waals surface area (Å²) in [4.78, 5) is 31.5. The van der Waals surface area contributed by atoms with Crippen LogP contribution in [0.3, 0.4) is 0 Å². The number of hydrogen-bond donors (Lipinski definition) is 0. The van der Waals surface area contributed by atoms with Crippen LogP contribution in [0.4, 0.5) is 0 Å². The number of halogens is 1. The predicted octanol–water partition coefficient (Wildman–Crippen LogP) is 5.02. The summed E-state index contributed by atoms with van der Waals surface area (Å²) < 4.78 is 0. The van der Waals surface area contributed by atoms with Crippen LogP contribution in [0.15, 0.2) is 66.7 Å². The first-order chi connectivity index (χ1) is 14.1. The highest BCUT2D eigenvalue weighted by atomic mass is 35.5. The Morgan fingerprint density at radius 1 is 1.00 bits per heavy atom. The molecule has 4 rings (SSSR count). The summed E-state index contributed by atoms with van der Waals surface area (Å²) in [7, 11) is 0. The highest BCUT2D eigenvalue weighted by Crippen LogP contribution is 2.22.